The molecule has 0 saturated carbocycles. The van der Waals surface area contributed by atoms with Crippen molar-refractivity contribution in [3.8, 4) is 5.69 Å². The Balaban J connectivity index is 1.55. The summed E-state index contributed by atoms with van der Waals surface area (Å²) < 4.78 is 27.3. The molecular weight excluding hydrogens is 364 g/mol. The summed E-state index contributed by atoms with van der Waals surface area (Å²) in [7, 11) is -3.16. The summed E-state index contributed by atoms with van der Waals surface area (Å²) in [5.41, 5.74) is 2.04. The number of carbonyl (C=O) groups excluding carboxylic acids is 1. The van der Waals surface area contributed by atoms with Crippen LogP contribution in [0.3, 0.4) is 0 Å². The van der Waals surface area contributed by atoms with Crippen LogP contribution in [-0.2, 0) is 14.8 Å². The molecule has 2 heterocycles. The number of carbonyl (C=O) groups is 1. The molecule has 0 radical (unpaired) electrons. The average Bonchev–Trinajstić information content (AvgIpc) is 3.23. The Hall–Kier alpha value is -2.19. The molecular formula is C19H26N4O3S. The third-order valence-electron chi connectivity index (χ3n) is 5.14. The average molecular weight is 391 g/mol. The highest BCUT2D eigenvalue weighted by Crippen LogP contribution is 2.22. The molecule has 1 aromatic heterocycles. The van der Waals surface area contributed by atoms with E-state index in [9.17, 15) is 13.2 Å². The van der Waals surface area contributed by atoms with E-state index in [0.717, 1.165) is 11.3 Å². The van der Waals surface area contributed by atoms with Crippen LogP contribution in [0.5, 0.6) is 0 Å². The summed E-state index contributed by atoms with van der Waals surface area (Å²) in [4.78, 5) is 16.6. The molecule has 0 aliphatic carbocycles. The topological polar surface area (TPSA) is 84.3 Å². The number of amides is 1. The van der Waals surface area contributed by atoms with E-state index in [-0.39, 0.29) is 23.6 Å². The van der Waals surface area contributed by atoms with Gasteiger partial charge in [-0.2, -0.15) is 0 Å². The van der Waals surface area contributed by atoms with Gasteiger partial charge in [0.1, 0.15) is 0 Å². The van der Waals surface area contributed by atoms with E-state index in [1.54, 1.807) is 19.4 Å². The Morgan fingerprint density at radius 2 is 1.93 bits per heavy atom. The summed E-state index contributed by atoms with van der Waals surface area (Å²) in [6.45, 7) is 4.44. The monoisotopic (exact) mass is 390 g/mol. The van der Waals surface area contributed by atoms with Gasteiger partial charge >= 0.3 is 0 Å². The van der Waals surface area contributed by atoms with E-state index in [0.29, 0.717) is 25.9 Å². The van der Waals surface area contributed by atoms with Crippen molar-refractivity contribution in [2.24, 2.45) is 5.92 Å². The van der Waals surface area contributed by atoms with Gasteiger partial charge in [-0.15, -0.1) is 0 Å². The Labute approximate surface area is 160 Å². The van der Waals surface area contributed by atoms with Crippen LogP contribution in [-0.4, -0.2) is 47.0 Å². The molecule has 1 aliphatic rings. The number of hydrogen-bond donors (Lipinski definition) is 1. The van der Waals surface area contributed by atoms with Crippen molar-refractivity contribution in [2.75, 3.05) is 18.8 Å². The minimum Gasteiger partial charge on any atom is -0.349 e. The smallest absolute Gasteiger partial charge is 0.223 e. The number of hydrogen-bond acceptors (Lipinski definition) is 4. The largest absolute Gasteiger partial charge is 0.349 e. The second-order valence-corrected chi connectivity index (χ2v) is 9.12. The van der Waals surface area contributed by atoms with Gasteiger partial charge in [0.25, 0.3) is 0 Å². The molecule has 1 unspecified atom stereocenters. The lowest BCUT2D eigenvalue weighted by atomic mass is 9.96. The van der Waals surface area contributed by atoms with Gasteiger partial charge in [-0.25, -0.2) is 17.7 Å². The second kappa shape index (κ2) is 8.22. The molecule has 27 heavy (non-hydrogen) atoms. The lowest BCUT2D eigenvalue weighted by molar-refractivity contribution is -0.126. The van der Waals surface area contributed by atoms with Crippen molar-refractivity contribution in [3.05, 3.63) is 48.5 Å². The number of nitrogens with zero attached hydrogens (tertiary/aromatic N) is 3. The van der Waals surface area contributed by atoms with Crippen molar-refractivity contribution in [1.29, 1.82) is 0 Å². The molecule has 8 heteroatoms. The third-order valence-corrected chi connectivity index (χ3v) is 7.02. The molecule has 0 spiro atoms. The van der Waals surface area contributed by atoms with Crippen LogP contribution in [0.15, 0.2) is 43.0 Å². The fourth-order valence-corrected chi connectivity index (χ4v) is 4.47. The van der Waals surface area contributed by atoms with Crippen LogP contribution in [0, 0.1) is 5.92 Å². The van der Waals surface area contributed by atoms with Crippen LogP contribution in [0.2, 0.25) is 0 Å². The Morgan fingerprint density at radius 3 is 2.48 bits per heavy atom. The fourth-order valence-electron chi connectivity index (χ4n) is 3.34. The fraction of sp³-hybridized carbons (Fsp3) is 0.474. The van der Waals surface area contributed by atoms with Crippen molar-refractivity contribution in [3.63, 3.8) is 0 Å². The van der Waals surface area contributed by atoms with Gasteiger partial charge < -0.3 is 9.88 Å². The van der Waals surface area contributed by atoms with Crippen molar-refractivity contribution >= 4 is 15.9 Å². The van der Waals surface area contributed by atoms with E-state index >= 15 is 0 Å². The third kappa shape index (κ3) is 4.56. The van der Waals surface area contributed by atoms with Gasteiger partial charge in [0, 0.05) is 37.1 Å². The lowest BCUT2D eigenvalue weighted by Crippen LogP contribution is -2.43. The first kappa shape index (κ1) is 19.6. The van der Waals surface area contributed by atoms with E-state index in [2.05, 4.69) is 10.3 Å². The number of benzene rings is 1. The van der Waals surface area contributed by atoms with Crippen LogP contribution in [0.1, 0.15) is 38.3 Å². The number of nitrogens with one attached hydrogen (secondary N) is 1. The Kier molecular flexibility index (Phi) is 5.96. The van der Waals surface area contributed by atoms with Crippen LogP contribution >= 0.6 is 0 Å². The van der Waals surface area contributed by atoms with Crippen molar-refractivity contribution in [1.82, 2.24) is 19.2 Å². The van der Waals surface area contributed by atoms with Gasteiger partial charge in [-0.3, -0.25) is 4.79 Å². The van der Waals surface area contributed by atoms with Gasteiger partial charge in [0.05, 0.1) is 18.1 Å². The zero-order valence-corrected chi connectivity index (χ0v) is 16.5. The summed E-state index contributed by atoms with van der Waals surface area (Å²) in [5.74, 6) is -0.0358. The summed E-state index contributed by atoms with van der Waals surface area (Å²) in [6.07, 6.45) is 6.49. The number of rotatable bonds is 6. The van der Waals surface area contributed by atoms with Crippen LogP contribution < -0.4 is 5.32 Å². The Bertz CT molecular complexity index is 855. The molecule has 3 rings (SSSR count). The molecule has 1 saturated heterocycles. The molecule has 0 bridgehead atoms. The number of imidazole rings is 1. The number of piperidine rings is 1. The highest BCUT2D eigenvalue weighted by Gasteiger charge is 2.30. The van der Waals surface area contributed by atoms with Crippen molar-refractivity contribution in [2.45, 2.75) is 32.7 Å². The molecule has 1 aromatic carbocycles. The first-order chi connectivity index (χ1) is 12.9. The maximum atomic E-state index is 12.6. The minimum absolute atomic E-state index is 0.00488. The summed E-state index contributed by atoms with van der Waals surface area (Å²) in [6, 6.07) is 7.88. The maximum absolute atomic E-state index is 12.6. The summed E-state index contributed by atoms with van der Waals surface area (Å²) in [5, 5.41) is 3.06. The lowest BCUT2D eigenvalue weighted by Gasteiger charge is -2.31. The summed E-state index contributed by atoms with van der Waals surface area (Å²) >= 11 is 0. The van der Waals surface area contributed by atoms with E-state index < -0.39 is 10.0 Å². The predicted octanol–water partition coefficient (Wildman–Crippen LogP) is 2.11. The van der Waals surface area contributed by atoms with Crippen LogP contribution in [0.4, 0.5) is 0 Å². The van der Waals surface area contributed by atoms with Crippen LogP contribution in [0.25, 0.3) is 5.69 Å². The predicted molar refractivity (Wildman–Crippen MR) is 104 cm³/mol. The Morgan fingerprint density at radius 1 is 1.26 bits per heavy atom. The minimum atomic E-state index is -3.16. The molecule has 1 atom stereocenters. The van der Waals surface area contributed by atoms with Gasteiger partial charge in [-0.05, 0) is 44.4 Å². The SMILES string of the molecule is CCS(=O)(=O)N1CCC(C(=O)NC(C)c2ccc(-n3ccnc3)cc2)CC1. The van der Waals surface area contributed by atoms with E-state index in [1.165, 1.54) is 4.31 Å². The molecule has 2 aromatic rings. The van der Waals surface area contributed by atoms with Crippen molar-refractivity contribution < 1.29 is 13.2 Å². The molecule has 1 fully saturated rings. The molecule has 7 nitrogen and oxygen atoms in total. The quantitative estimate of drug-likeness (QED) is 0.819. The van der Waals surface area contributed by atoms with Gasteiger partial charge in [0.2, 0.25) is 15.9 Å². The number of aromatic nitrogens is 2. The molecule has 146 valence electrons. The maximum Gasteiger partial charge on any atom is 0.223 e. The zero-order valence-electron chi connectivity index (χ0n) is 15.7. The standard InChI is InChI=1S/C19H26N4O3S/c1-3-27(25,26)23-11-8-17(9-12-23)19(24)21-15(2)16-4-6-18(7-5-16)22-13-10-20-14-22/h4-7,10,13-15,17H,3,8-9,11-12H2,1-2H3,(H,21,24). The van der Waals surface area contributed by atoms with Gasteiger partial charge in [0.15, 0.2) is 0 Å². The molecule has 1 amide bonds. The number of sulfonamides is 1. The molecule has 1 aliphatic heterocycles. The molecule has 1 N–H and O–H groups in total. The first-order valence-corrected chi connectivity index (χ1v) is 10.9. The first-order valence-electron chi connectivity index (χ1n) is 9.27. The second-order valence-electron chi connectivity index (χ2n) is 6.87. The highest BCUT2D eigenvalue weighted by atomic mass is 32.2. The van der Waals surface area contributed by atoms with E-state index in [4.69, 9.17) is 0 Å². The van der Waals surface area contributed by atoms with E-state index in [1.807, 2.05) is 42.0 Å². The van der Waals surface area contributed by atoms with Gasteiger partial charge in [-0.1, -0.05) is 12.1 Å². The highest BCUT2D eigenvalue weighted by molar-refractivity contribution is 7.89. The zero-order chi connectivity index (χ0) is 19.4. The normalized spacial score (nSPS) is 17.6.